The second-order valence-corrected chi connectivity index (χ2v) is 8.61. The summed E-state index contributed by atoms with van der Waals surface area (Å²) < 4.78 is 11.0. The Labute approximate surface area is 192 Å². The first-order valence-electron chi connectivity index (χ1n) is 11.0. The van der Waals surface area contributed by atoms with Crippen LogP contribution in [0, 0.1) is 0 Å². The fourth-order valence-corrected chi connectivity index (χ4v) is 5.18. The molecular weight excluding hydrogens is 418 g/mol. The maximum Gasteiger partial charge on any atom is 0.408 e. The van der Waals surface area contributed by atoms with Crippen LogP contribution in [0.5, 0.6) is 5.75 Å². The molecule has 0 radical (unpaired) electrons. The average molecular weight is 443 g/mol. The van der Waals surface area contributed by atoms with Crippen molar-refractivity contribution in [2.45, 2.75) is 30.7 Å². The SMILES string of the molecule is COc1cccc2c1CCC(NC(=O)OCC1c3ccccc3-c3ccccc31)(C(=O)O)C2. The fourth-order valence-electron chi connectivity index (χ4n) is 5.18. The minimum atomic E-state index is -1.41. The molecule has 1 atom stereocenters. The Hall–Kier alpha value is -3.80. The quantitative estimate of drug-likeness (QED) is 0.605. The van der Waals surface area contributed by atoms with Gasteiger partial charge in [0.2, 0.25) is 0 Å². The zero-order valence-electron chi connectivity index (χ0n) is 18.3. The van der Waals surface area contributed by atoms with E-state index in [1.54, 1.807) is 7.11 Å². The Balaban J connectivity index is 1.33. The number of ether oxygens (including phenoxy) is 2. The number of carbonyl (C=O) groups excluding carboxylic acids is 1. The van der Waals surface area contributed by atoms with Gasteiger partial charge in [-0.05, 0) is 52.3 Å². The number of amides is 1. The molecule has 6 nitrogen and oxygen atoms in total. The Morgan fingerprint density at radius 3 is 2.30 bits per heavy atom. The lowest BCUT2D eigenvalue weighted by atomic mass is 9.77. The van der Waals surface area contributed by atoms with Crippen LogP contribution in [0.2, 0.25) is 0 Å². The zero-order chi connectivity index (χ0) is 23.0. The fraction of sp³-hybridized carbons (Fsp3) is 0.259. The van der Waals surface area contributed by atoms with E-state index in [4.69, 9.17) is 9.47 Å². The molecule has 33 heavy (non-hydrogen) atoms. The summed E-state index contributed by atoms with van der Waals surface area (Å²) in [6.45, 7) is 0.139. The molecule has 1 unspecified atom stereocenters. The molecule has 0 aromatic heterocycles. The highest BCUT2D eigenvalue weighted by Gasteiger charge is 2.44. The van der Waals surface area contributed by atoms with Crippen molar-refractivity contribution in [3.8, 4) is 16.9 Å². The van der Waals surface area contributed by atoms with Crippen LogP contribution < -0.4 is 10.1 Å². The van der Waals surface area contributed by atoms with Gasteiger partial charge in [0, 0.05) is 12.3 Å². The predicted molar refractivity (Wildman–Crippen MR) is 124 cm³/mol. The Bertz CT molecular complexity index is 1190. The van der Waals surface area contributed by atoms with Crippen molar-refractivity contribution in [2.75, 3.05) is 13.7 Å². The molecule has 2 aliphatic rings. The first-order chi connectivity index (χ1) is 16.0. The predicted octanol–water partition coefficient (Wildman–Crippen LogP) is 4.55. The molecule has 0 heterocycles. The number of aliphatic carboxylic acids is 1. The van der Waals surface area contributed by atoms with Crippen molar-refractivity contribution in [1.82, 2.24) is 5.32 Å². The lowest BCUT2D eigenvalue weighted by Crippen LogP contribution is -2.58. The van der Waals surface area contributed by atoms with Crippen molar-refractivity contribution in [2.24, 2.45) is 0 Å². The lowest BCUT2D eigenvalue weighted by Gasteiger charge is -2.35. The Morgan fingerprint density at radius 1 is 1.00 bits per heavy atom. The number of carboxylic acid groups (broad SMARTS) is 1. The maximum atomic E-state index is 12.8. The molecule has 0 saturated heterocycles. The standard InChI is InChI=1S/C27H25NO5/c1-32-24-12-6-7-17-15-27(25(29)30,14-13-18(17)24)28-26(31)33-16-23-21-10-4-2-8-19(21)20-9-3-5-11-22(20)23/h2-12,23H,13-16H2,1H3,(H,28,31)(H,29,30). The lowest BCUT2D eigenvalue weighted by molar-refractivity contribution is -0.145. The van der Waals surface area contributed by atoms with Gasteiger partial charge in [0.25, 0.3) is 0 Å². The topological polar surface area (TPSA) is 84.9 Å². The van der Waals surface area contributed by atoms with Crippen molar-refractivity contribution in [3.05, 3.63) is 89.0 Å². The number of nitrogens with one attached hydrogen (secondary N) is 1. The van der Waals surface area contributed by atoms with E-state index in [0.29, 0.717) is 6.42 Å². The number of benzene rings is 3. The van der Waals surface area contributed by atoms with Gasteiger partial charge in [-0.1, -0.05) is 60.7 Å². The van der Waals surface area contributed by atoms with Crippen LogP contribution in [0.4, 0.5) is 4.79 Å². The third-order valence-corrected chi connectivity index (χ3v) is 6.84. The molecule has 0 spiro atoms. The molecule has 2 aliphatic carbocycles. The van der Waals surface area contributed by atoms with Gasteiger partial charge < -0.3 is 19.9 Å². The number of alkyl carbamates (subject to hydrolysis) is 1. The molecule has 0 saturated carbocycles. The summed E-state index contributed by atoms with van der Waals surface area (Å²) in [5.41, 5.74) is 4.94. The second-order valence-electron chi connectivity index (χ2n) is 8.61. The van der Waals surface area contributed by atoms with Crippen LogP contribution in [0.1, 0.15) is 34.6 Å². The van der Waals surface area contributed by atoms with Crippen LogP contribution in [-0.4, -0.2) is 36.4 Å². The summed E-state index contributed by atoms with van der Waals surface area (Å²) in [4.78, 5) is 25.1. The molecule has 168 valence electrons. The third-order valence-electron chi connectivity index (χ3n) is 6.84. The minimum Gasteiger partial charge on any atom is -0.496 e. The highest BCUT2D eigenvalue weighted by atomic mass is 16.5. The van der Waals surface area contributed by atoms with E-state index in [1.807, 2.05) is 54.6 Å². The van der Waals surface area contributed by atoms with Crippen molar-refractivity contribution in [1.29, 1.82) is 0 Å². The smallest absolute Gasteiger partial charge is 0.408 e. The van der Waals surface area contributed by atoms with Crippen molar-refractivity contribution in [3.63, 3.8) is 0 Å². The van der Waals surface area contributed by atoms with Gasteiger partial charge in [0.1, 0.15) is 17.9 Å². The summed E-state index contributed by atoms with van der Waals surface area (Å²) in [7, 11) is 1.60. The van der Waals surface area contributed by atoms with E-state index >= 15 is 0 Å². The van der Waals surface area contributed by atoms with E-state index in [2.05, 4.69) is 17.4 Å². The summed E-state index contributed by atoms with van der Waals surface area (Å²) in [5.74, 6) is -0.405. The number of fused-ring (bicyclic) bond motifs is 4. The van der Waals surface area contributed by atoms with Gasteiger partial charge in [-0.2, -0.15) is 0 Å². The summed E-state index contributed by atoms with van der Waals surface area (Å²) in [5, 5.41) is 12.7. The third kappa shape index (κ3) is 3.61. The van der Waals surface area contributed by atoms with E-state index < -0.39 is 17.6 Å². The molecule has 0 bridgehead atoms. The van der Waals surface area contributed by atoms with E-state index in [9.17, 15) is 14.7 Å². The summed E-state index contributed by atoms with van der Waals surface area (Å²) in [6.07, 6.45) is 0.222. The minimum absolute atomic E-state index is 0.0831. The Kier molecular flexibility index (Phi) is 5.29. The summed E-state index contributed by atoms with van der Waals surface area (Å²) in [6, 6.07) is 21.8. The maximum absolute atomic E-state index is 12.8. The van der Waals surface area contributed by atoms with Gasteiger partial charge in [0.05, 0.1) is 7.11 Å². The Morgan fingerprint density at radius 2 is 1.67 bits per heavy atom. The molecule has 1 amide bonds. The number of hydrogen-bond donors (Lipinski definition) is 2. The molecule has 6 heteroatoms. The largest absolute Gasteiger partial charge is 0.496 e. The number of rotatable bonds is 5. The van der Waals surface area contributed by atoms with Crippen LogP contribution in [0.3, 0.4) is 0 Å². The number of hydrogen-bond acceptors (Lipinski definition) is 4. The van der Waals surface area contributed by atoms with E-state index in [0.717, 1.165) is 39.1 Å². The molecule has 0 aliphatic heterocycles. The molecule has 0 fully saturated rings. The first-order valence-corrected chi connectivity index (χ1v) is 11.0. The van der Waals surface area contributed by atoms with Gasteiger partial charge in [-0.25, -0.2) is 9.59 Å². The highest BCUT2D eigenvalue weighted by Crippen LogP contribution is 2.44. The normalized spacial score (nSPS) is 18.6. The molecular formula is C27H25NO5. The molecule has 5 rings (SSSR count). The van der Waals surface area contributed by atoms with Crippen molar-refractivity contribution < 1.29 is 24.2 Å². The van der Waals surface area contributed by atoms with Crippen LogP contribution in [-0.2, 0) is 22.4 Å². The number of carboxylic acids is 1. The van der Waals surface area contributed by atoms with Crippen LogP contribution in [0.15, 0.2) is 66.7 Å². The van der Waals surface area contributed by atoms with Crippen LogP contribution in [0.25, 0.3) is 11.1 Å². The first kappa shape index (κ1) is 21.1. The molecule has 2 N–H and O–H groups in total. The van der Waals surface area contributed by atoms with Crippen molar-refractivity contribution >= 4 is 12.1 Å². The highest BCUT2D eigenvalue weighted by molar-refractivity contribution is 5.85. The summed E-state index contributed by atoms with van der Waals surface area (Å²) >= 11 is 0. The van der Waals surface area contributed by atoms with Gasteiger partial charge in [-0.15, -0.1) is 0 Å². The molecule has 3 aromatic rings. The van der Waals surface area contributed by atoms with Crippen LogP contribution >= 0.6 is 0 Å². The van der Waals surface area contributed by atoms with E-state index in [-0.39, 0.29) is 25.4 Å². The van der Waals surface area contributed by atoms with Gasteiger partial charge in [-0.3, -0.25) is 0 Å². The molecule has 3 aromatic carbocycles. The number of carbonyl (C=O) groups is 2. The average Bonchev–Trinajstić information content (AvgIpc) is 3.16. The van der Waals surface area contributed by atoms with E-state index in [1.165, 1.54) is 0 Å². The zero-order valence-corrected chi connectivity index (χ0v) is 18.3. The van der Waals surface area contributed by atoms with Gasteiger partial charge in [0.15, 0.2) is 0 Å². The second kappa shape index (κ2) is 8.28. The number of methoxy groups -OCH3 is 1. The monoisotopic (exact) mass is 443 g/mol. The van der Waals surface area contributed by atoms with Gasteiger partial charge >= 0.3 is 12.1 Å².